The number of amides is 1. The van der Waals surface area contributed by atoms with Gasteiger partial charge >= 0.3 is 0 Å². The molecule has 6 heteroatoms. The van der Waals surface area contributed by atoms with Crippen LogP contribution >= 0.6 is 27.3 Å². The summed E-state index contributed by atoms with van der Waals surface area (Å²) in [5, 5.41) is 2.01. The highest BCUT2D eigenvalue weighted by atomic mass is 79.9. The number of nitrogens with zero attached hydrogens (tertiary/aromatic N) is 1. The quantitative estimate of drug-likeness (QED) is 0.582. The van der Waals surface area contributed by atoms with E-state index >= 15 is 0 Å². The third kappa shape index (κ3) is 3.88. The molecule has 0 unspecified atom stereocenters. The Labute approximate surface area is 152 Å². The highest BCUT2D eigenvalue weighted by Gasteiger charge is 2.19. The average molecular weight is 406 g/mol. The van der Waals surface area contributed by atoms with Crippen LogP contribution in [0.4, 0.5) is 0 Å². The van der Waals surface area contributed by atoms with Gasteiger partial charge in [-0.3, -0.25) is 4.79 Å². The second-order valence-corrected chi connectivity index (χ2v) is 7.06. The Morgan fingerprint density at radius 1 is 1.25 bits per heavy atom. The van der Waals surface area contributed by atoms with Gasteiger partial charge in [-0.25, -0.2) is 0 Å². The normalized spacial score (nSPS) is 10.6. The van der Waals surface area contributed by atoms with Gasteiger partial charge in [0.1, 0.15) is 11.5 Å². The van der Waals surface area contributed by atoms with E-state index in [2.05, 4.69) is 15.9 Å². The van der Waals surface area contributed by atoms with Gasteiger partial charge in [-0.05, 0) is 57.7 Å². The van der Waals surface area contributed by atoms with Crippen LogP contribution in [0, 0.1) is 0 Å². The van der Waals surface area contributed by atoms with Crippen LogP contribution in [-0.2, 0) is 13.1 Å². The smallest absolute Gasteiger partial charge is 0.254 e. The monoisotopic (exact) mass is 405 g/mol. The summed E-state index contributed by atoms with van der Waals surface area (Å²) in [7, 11) is 1.60. The number of thiophene rings is 1. The van der Waals surface area contributed by atoms with Crippen LogP contribution in [0.2, 0.25) is 0 Å². The predicted molar refractivity (Wildman–Crippen MR) is 97.3 cm³/mol. The zero-order valence-electron chi connectivity index (χ0n) is 13.1. The molecule has 2 aromatic heterocycles. The van der Waals surface area contributed by atoms with Crippen molar-refractivity contribution in [1.29, 1.82) is 0 Å². The fourth-order valence-corrected chi connectivity index (χ4v) is 3.62. The molecule has 24 heavy (non-hydrogen) atoms. The molecule has 0 aliphatic heterocycles. The summed E-state index contributed by atoms with van der Waals surface area (Å²) < 4.78 is 11.4. The van der Waals surface area contributed by atoms with Gasteiger partial charge in [0.2, 0.25) is 0 Å². The molecule has 0 radical (unpaired) electrons. The van der Waals surface area contributed by atoms with Crippen LogP contribution in [0.3, 0.4) is 0 Å². The standard InChI is InChI=1S/C18H16BrNO3S/c1-22-17-7-6-13(10-16(17)19)18(21)20(11-14-4-2-8-23-14)12-15-5-3-9-24-15/h2-10H,11-12H2,1H3. The van der Waals surface area contributed by atoms with Crippen LogP contribution in [0.15, 0.2) is 63.0 Å². The molecule has 3 aromatic rings. The third-order valence-electron chi connectivity index (χ3n) is 3.54. The number of ether oxygens (including phenoxy) is 1. The maximum Gasteiger partial charge on any atom is 0.254 e. The molecule has 4 nitrogen and oxygen atoms in total. The van der Waals surface area contributed by atoms with E-state index in [0.717, 1.165) is 15.1 Å². The van der Waals surface area contributed by atoms with E-state index in [1.807, 2.05) is 29.6 Å². The molecular formula is C18H16BrNO3S. The summed E-state index contributed by atoms with van der Waals surface area (Å²) in [6.45, 7) is 0.966. The minimum atomic E-state index is -0.0526. The fraction of sp³-hybridized carbons (Fsp3) is 0.167. The molecule has 0 saturated heterocycles. The summed E-state index contributed by atoms with van der Waals surface area (Å²) in [6, 6.07) is 13.1. The van der Waals surface area contributed by atoms with Gasteiger partial charge in [-0.15, -0.1) is 11.3 Å². The van der Waals surface area contributed by atoms with Gasteiger partial charge in [-0.2, -0.15) is 0 Å². The van der Waals surface area contributed by atoms with E-state index in [1.54, 1.807) is 47.8 Å². The van der Waals surface area contributed by atoms with Gasteiger partial charge < -0.3 is 14.1 Å². The Bertz CT molecular complexity index is 764. The number of rotatable bonds is 6. The number of halogens is 1. The first kappa shape index (κ1) is 16.8. The molecule has 0 atom stereocenters. The minimum absolute atomic E-state index is 0.0526. The molecule has 0 aliphatic rings. The molecule has 0 saturated carbocycles. The second-order valence-electron chi connectivity index (χ2n) is 5.17. The number of hydrogen-bond acceptors (Lipinski definition) is 4. The number of furan rings is 1. The van der Waals surface area contributed by atoms with Crippen LogP contribution in [0.25, 0.3) is 0 Å². The average Bonchev–Trinajstić information content (AvgIpc) is 3.27. The van der Waals surface area contributed by atoms with Crippen molar-refractivity contribution in [2.24, 2.45) is 0 Å². The molecule has 124 valence electrons. The number of hydrogen-bond donors (Lipinski definition) is 0. The third-order valence-corrected chi connectivity index (χ3v) is 5.02. The Hall–Kier alpha value is -2.05. The molecular weight excluding hydrogens is 390 g/mol. The lowest BCUT2D eigenvalue weighted by atomic mass is 10.2. The highest BCUT2D eigenvalue weighted by Crippen LogP contribution is 2.27. The molecule has 1 amide bonds. The summed E-state index contributed by atoms with van der Waals surface area (Å²) in [6.07, 6.45) is 1.62. The number of carbonyl (C=O) groups excluding carboxylic acids is 1. The van der Waals surface area contributed by atoms with Gasteiger partial charge in [-0.1, -0.05) is 6.07 Å². The largest absolute Gasteiger partial charge is 0.496 e. The summed E-state index contributed by atoms with van der Waals surface area (Å²) in [5.41, 5.74) is 0.603. The van der Waals surface area contributed by atoms with Crippen LogP contribution in [0.5, 0.6) is 5.75 Å². The predicted octanol–water partition coefficient (Wildman–Crippen LogP) is 4.95. The number of methoxy groups -OCH3 is 1. The number of carbonyl (C=O) groups is 1. The summed E-state index contributed by atoms with van der Waals surface area (Å²) in [5.74, 6) is 1.40. The zero-order valence-corrected chi connectivity index (χ0v) is 15.5. The van der Waals surface area contributed by atoms with Crippen molar-refractivity contribution in [2.75, 3.05) is 7.11 Å². The molecule has 2 heterocycles. The van der Waals surface area contributed by atoms with Crippen molar-refractivity contribution in [3.63, 3.8) is 0 Å². The van der Waals surface area contributed by atoms with E-state index in [0.29, 0.717) is 24.4 Å². The first-order valence-electron chi connectivity index (χ1n) is 7.35. The van der Waals surface area contributed by atoms with E-state index in [1.165, 1.54) is 0 Å². The van der Waals surface area contributed by atoms with Gasteiger partial charge in [0.25, 0.3) is 5.91 Å². The lowest BCUT2D eigenvalue weighted by molar-refractivity contribution is 0.0719. The molecule has 0 spiro atoms. The van der Waals surface area contributed by atoms with Crippen LogP contribution in [-0.4, -0.2) is 17.9 Å². The maximum atomic E-state index is 13.0. The van der Waals surface area contributed by atoms with Gasteiger partial charge in [0.05, 0.1) is 30.9 Å². The van der Waals surface area contributed by atoms with Gasteiger partial charge in [0, 0.05) is 10.4 Å². The molecule has 0 bridgehead atoms. The SMILES string of the molecule is COc1ccc(C(=O)N(Cc2ccco2)Cc2cccs2)cc1Br. The first-order chi connectivity index (χ1) is 11.7. The highest BCUT2D eigenvalue weighted by molar-refractivity contribution is 9.10. The summed E-state index contributed by atoms with van der Waals surface area (Å²) >= 11 is 5.07. The lowest BCUT2D eigenvalue weighted by Crippen LogP contribution is -2.29. The maximum absolute atomic E-state index is 13.0. The van der Waals surface area contributed by atoms with Crippen molar-refractivity contribution in [2.45, 2.75) is 13.1 Å². The lowest BCUT2D eigenvalue weighted by Gasteiger charge is -2.21. The Balaban J connectivity index is 1.85. The number of benzene rings is 1. The summed E-state index contributed by atoms with van der Waals surface area (Å²) in [4.78, 5) is 15.9. The van der Waals surface area contributed by atoms with Crippen molar-refractivity contribution in [1.82, 2.24) is 4.90 Å². The minimum Gasteiger partial charge on any atom is -0.496 e. The van der Waals surface area contributed by atoms with E-state index < -0.39 is 0 Å². The Morgan fingerprint density at radius 2 is 2.12 bits per heavy atom. The molecule has 0 N–H and O–H groups in total. The zero-order chi connectivity index (χ0) is 16.9. The van der Waals surface area contributed by atoms with Gasteiger partial charge in [0.15, 0.2) is 0 Å². The molecule has 0 fully saturated rings. The van der Waals surface area contributed by atoms with Crippen molar-refractivity contribution in [3.05, 3.63) is 74.8 Å². The topological polar surface area (TPSA) is 42.7 Å². The molecule has 0 aliphatic carbocycles. The van der Waals surface area contributed by atoms with E-state index in [9.17, 15) is 4.79 Å². The first-order valence-corrected chi connectivity index (χ1v) is 9.02. The molecule has 1 aromatic carbocycles. The van der Waals surface area contributed by atoms with E-state index in [-0.39, 0.29) is 5.91 Å². The van der Waals surface area contributed by atoms with Crippen molar-refractivity contribution in [3.8, 4) is 5.75 Å². The fourth-order valence-electron chi connectivity index (χ4n) is 2.36. The van der Waals surface area contributed by atoms with E-state index in [4.69, 9.17) is 9.15 Å². The Morgan fingerprint density at radius 3 is 2.75 bits per heavy atom. The van der Waals surface area contributed by atoms with Crippen molar-refractivity contribution >= 4 is 33.2 Å². The Kier molecular flexibility index (Phi) is 5.37. The van der Waals surface area contributed by atoms with Crippen molar-refractivity contribution < 1.29 is 13.9 Å². The molecule has 3 rings (SSSR count). The second kappa shape index (κ2) is 7.68. The van der Waals surface area contributed by atoms with Crippen LogP contribution in [0.1, 0.15) is 21.0 Å². The van der Waals surface area contributed by atoms with Crippen LogP contribution < -0.4 is 4.74 Å².